The molecule has 1 unspecified atom stereocenters. The Morgan fingerprint density at radius 3 is 2.86 bits per heavy atom. The van der Waals surface area contributed by atoms with Gasteiger partial charge in [-0.15, -0.1) is 11.8 Å². The molecule has 1 atom stereocenters. The van der Waals surface area contributed by atoms with Gasteiger partial charge in [-0.1, -0.05) is 12.1 Å². The smallest absolute Gasteiger partial charge is 0.00985 e. The van der Waals surface area contributed by atoms with Gasteiger partial charge in [0.05, 0.1) is 0 Å². The van der Waals surface area contributed by atoms with Crippen molar-refractivity contribution in [2.75, 3.05) is 19.3 Å². The van der Waals surface area contributed by atoms with Crippen LogP contribution >= 0.6 is 11.8 Å². The fraction of sp³-hybridized carbons (Fsp3) is 0.500. The van der Waals surface area contributed by atoms with E-state index in [-0.39, 0.29) is 0 Å². The zero-order valence-corrected chi connectivity index (χ0v) is 9.66. The molecule has 1 aliphatic rings. The third-order valence-electron chi connectivity index (χ3n) is 2.95. The molecule has 0 aromatic heterocycles. The number of nitrogens with one attached hydrogen (secondary N) is 1. The van der Waals surface area contributed by atoms with Crippen LogP contribution in [0.2, 0.25) is 0 Å². The number of rotatable bonds is 2. The summed E-state index contributed by atoms with van der Waals surface area (Å²) in [7, 11) is 0. The summed E-state index contributed by atoms with van der Waals surface area (Å²) in [5, 5.41) is 3.41. The van der Waals surface area contributed by atoms with E-state index < -0.39 is 0 Å². The van der Waals surface area contributed by atoms with Crippen molar-refractivity contribution in [1.29, 1.82) is 0 Å². The van der Waals surface area contributed by atoms with Gasteiger partial charge in [0.15, 0.2) is 0 Å². The molecule has 1 heterocycles. The SMILES string of the molecule is CSc1ccc(C2CCNC2)cc1C. The predicted octanol–water partition coefficient (Wildman–Crippen LogP) is 2.79. The van der Waals surface area contributed by atoms with Crippen molar-refractivity contribution in [1.82, 2.24) is 5.32 Å². The van der Waals surface area contributed by atoms with Crippen LogP contribution in [0.25, 0.3) is 0 Å². The molecule has 1 saturated heterocycles. The Morgan fingerprint density at radius 1 is 1.43 bits per heavy atom. The maximum Gasteiger partial charge on any atom is 0.00985 e. The first-order valence-corrected chi connectivity index (χ1v) is 6.39. The maximum absolute atomic E-state index is 3.41. The minimum absolute atomic E-state index is 0.740. The molecule has 0 spiro atoms. The lowest BCUT2D eigenvalue weighted by atomic mass is 9.97. The predicted molar refractivity (Wildman–Crippen MR) is 63.2 cm³/mol. The number of benzene rings is 1. The zero-order chi connectivity index (χ0) is 9.97. The van der Waals surface area contributed by atoms with E-state index >= 15 is 0 Å². The molecule has 76 valence electrons. The number of hydrogen-bond donors (Lipinski definition) is 1. The second-order valence-electron chi connectivity index (χ2n) is 3.92. The van der Waals surface area contributed by atoms with Crippen molar-refractivity contribution in [3.63, 3.8) is 0 Å². The van der Waals surface area contributed by atoms with Gasteiger partial charge in [0.1, 0.15) is 0 Å². The van der Waals surface area contributed by atoms with Gasteiger partial charge in [-0.05, 0) is 49.3 Å². The second-order valence-corrected chi connectivity index (χ2v) is 4.77. The molecule has 1 aromatic carbocycles. The quantitative estimate of drug-likeness (QED) is 0.748. The highest BCUT2D eigenvalue weighted by Gasteiger charge is 2.16. The number of aryl methyl sites for hydroxylation is 1. The monoisotopic (exact) mass is 207 g/mol. The van der Waals surface area contributed by atoms with Gasteiger partial charge in [-0.25, -0.2) is 0 Å². The van der Waals surface area contributed by atoms with E-state index in [1.807, 2.05) is 11.8 Å². The second kappa shape index (κ2) is 4.37. The van der Waals surface area contributed by atoms with E-state index in [0.717, 1.165) is 12.5 Å². The number of hydrogen-bond acceptors (Lipinski definition) is 2. The topological polar surface area (TPSA) is 12.0 Å². The summed E-state index contributed by atoms with van der Waals surface area (Å²) < 4.78 is 0. The molecule has 0 saturated carbocycles. The summed E-state index contributed by atoms with van der Waals surface area (Å²) in [6.45, 7) is 4.53. The summed E-state index contributed by atoms with van der Waals surface area (Å²) in [5.74, 6) is 0.740. The highest BCUT2D eigenvalue weighted by Crippen LogP contribution is 2.27. The minimum Gasteiger partial charge on any atom is -0.316 e. The average Bonchev–Trinajstić information content (AvgIpc) is 2.70. The van der Waals surface area contributed by atoms with E-state index in [2.05, 4.69) is 36.7 Å². The van der Waals surface area contributed by atoms with E-state index in [9.17, 15) is 0 Å². The highest BCUT2D eigenvalue weighted by molar-refractivity contribution is 7.98. The Labute approximate surface area is 90.3 Å². The van der Waals surface area contributed by atoms with Crippen LogP contribution in [0.3, 0.4) is 0 Å². The molecule has 1 aliphatic heterocycles. The van der Waals surface area contributed by atoms with Gasteiger partial charge in [-0.3, -0.25) is 0 Å². The Hall–Kier alpha value is -0.470. The molecule has 1 N–H and O–H groups in total. The molecular formula is C12H17NS. The number of thioether (sulfide) groups is 1. The van der Waals surface area contributed by atoms with Crippen molar-refractivity contribution in [2.45, 2.75) is 24.2 Å². The zero-order valence-electron chi connectivity index (χ0n) is 8.84. The lowest BCUT2D eigenvalue weighted by Crippen LogP contribution is -2.08. The van der Waals surface area contributed by atoms with Gasteiger partial charge < -0.3 is 5.32 Å². The van der Waals surface area contributed by atoms with Crippen molar-refractivity contribution in [3.05, 3.63) is 29.3 Å². The Balaban J connectivity index is 2.23. The lowest BCUT2D eigenvalue weighted by molar-refractivity contribution is 0.761. The maximum atomic E-state index is 3.41. The Kier molecular flexibility index (Phi) is 3.14. The van der Waals surface area contributed by atoms with Gasteiger partial charge >= 0.3 is 0 Å². The van der Waals surface area contributed by atoms with Crippen LogP contribution in [0.1, 0.15) is 23.5 Å². The van der Waals surface area contributed by atoms with Crippen molar-refractivity contribution < 1.29 is 0 Å². The van der Waals surface area contributed by atoms with E-state index in [0.29, 0.717) is 0 Å². The molecule has 2 heteroatoms. The minimum atomic E-state index is 0.740. The standard InChI is InChI=1S/C12H17NS/c1-9-7-10(3-4-12(9)14-2)11-5-6-13-8-11/h3-4,7,11,13H,5-6,8H2,1-2H3. The summed E-state index contributed by atoms with van der Waals surface area (Å²) in [5.41, 5.74) is 2.92. The first-order valence-electron chi connectivity index (χ1n) is 5.16. The molecule has 1 nitrogen and oxygen atoms in total. The summed E-state index contributed by atoms with van der Waals surface area (Å²) in [4.78, 5) is 1.40. The van der Waals surface area contributed by atoms with Crippen molar-refractivity contribution >= 4 is 11.8 Å². The summed E-state index contributed by atoms with van der Waals surface area (Å²) in [6.07, 6.45) is 3.43. The third-order valence-corrected chi connectivity index (χ3v) is 3.85. The molecule has 1 fully saturated rings. The summed E-state index contributed by atoms with van der Waals surface area (Å²) in [6, 6.07) is 6.90. The molecule has 14 heavy (non-hydrogen) atoms. The molecule has 0 radical (unpaired) electrons. The molecular weight excluding hydrogens is 190 g/mol. The van der Waals surface area contributed by atoms with E-state index in [1.54, 1.807) is 0 Å². The van der Waals surface area contributed by atoms with Crippen molar-refractivity contribution in [3.8, 4) is 0 Å². The Bertz CT molecular complexity index is 316. The van der Waals surface area contributed by atoms with Gasteiger partial charge in [-0.2, -0.15) is 0 Å². The largest absolute Gasteiger partial charge is 0.316 e. The van der Waals surface area contributed by atoms with Crippen LogP contribution in [0.5, 0.6) is 0 Å². The van der Waals surface area contributed by atoms with E-state index in [4.69, 9.17) is 0 Å². The molecule has 0 amide bonds. The van der Waals surface area contributed by atoms with Gasteiger partial charge in [0.25, 0.3) is 0 Å². The fourth-order valence-corrected chi connectivity index (χ4v) is 2.68. The van der Waals surface area contributed by atoms with Gasteiger partial charge in [0, 0.05) is 11.4 Å². The first kappa shape index (κ1) is 10.1. The van der Waals surface area contributed by atoms with Crippen LogP contribution in [-0.4, -0.2) is 19.3 Å². The highest BCUT2D eigenvalue weighted by atomic mass is 32.2. The third kappa shape index (κ3) is 1.96. The van der Waals surface area contributed by atoms with Crippen LogP contribution in [0.4, 0.5) is 0 Å². The molecule has 1 aromatic rings. The van der Waals surface area contributed by atoms with Crippen LogP contribution in [0, 0.1) is 6.92 Å². The molecule has 0 bridgehead atoms. The molecule has 0 aliphatic carbocycles. The lowest BCUT2D eigenvalue weighted by Gasteiger charge is -2.11. The average molecular weight is 207 g/mol. The van der Waals surface area contributed by atoms with Crippen LogP contribution in [-0.2, 0) is 0 Å². The fourth-order valence-electron chi connectivity index (χ4n) is 2.09. The molecule has 2 rings (SSSR count). The van der Waals surface area contributed by atoms with Gasteiger partial charge in [0.2, 0.25) is 0 Å². The van der Waals surface area contributed by atoms with Crippen LogP contribution < -0.4 is 5.32 Å². The van der Waals surface area contributed by atoms with Crippen molar-refractivity contribution in [2.24, 2.45) is 0 Å². The summed E-state index contributed by atoms with van der Waals surface area (Å²) >= 11 is 1.83. The normalized spacial score (nSPS) is 21.4. The van der Waals surface area contributed by atoms with E-state index in [1.165, 1.54) is 29.0 Å². The first-order chi connectivity index (χ1) is 6.81. The Morgan fingerprint density at radius 2 is 2.29 bits per heavy atom. The van der Waals surface area contributed by atoms with Crippen LogP contribution in [0.15, 0.2) is 23.1 Å².